The average Bonchev–Trinajstić information content (AvgIpc) is 2.71. The van der Waals surface area contributed by atoms with Gasteiger partial charge in [-0.05, 0) is 64.2 Å². The van der Waals surface area contributed by atoms with Gasteiger partial charge in [0, 0.05) is 12.2 Å². The van der Waals surface area contributed by atoms with Gasteiger partial charge in [0.1, 0.15) is 0 Å². The minimum Gasteiger partial charge on any atom is -0.325 e. The van der Waals surface area contributed by atoms with E-state index in [4.69, 9.17) is 0 Å². The monoisotopic (exact) mass is 424 g/mol. The lowest BCUT2D eigenvalue weighted by Gasteiger charge is -2.15. The summed E-state index contributed by atoms with van der Waals surface area (Å²) >= 11 is 1.30. The fraction of sp³-hybridized carbons (Fsp3) is 0.348. The first kappa shape index (κ1) is 22.1. The number of thioether (sulfide) groups is 1. The predicted octanol–water partition coefficient (Wildman–Crippen LogP) is 3.70. The zero-order valence-corrected chi connectivity index (χ0v) is 18.8. The van der Waals surface area contributed by atoms with Crippen molar-refractivity contribution in [3.63, 3.8) is 0 Å². The molecule has 3 rings (SSSR count). The maximum atomic E-state index is 13.0. The second kappa shape index (κ2) is 9.91. The molecule has 0 saturated carbocycles. The van der Waals surface area contributed by atoms with Crippen molar-refractivity contribution in [1.82, 2.24) is 14.5 Å². The molecule has 0 unspecified atom stereocenters. The third-order valence-electron chi connectivity index (χ3n) is 4.89. The zero-order chi connectivity index (χ0) is 21.7. The SMILES string of the molecule is Cc1cccc(C)c1NC(=O)CSc1nc2ccccc2c(=O)n1CCCN(C)C. The summed E-state index contributed by atoms with van der Waals surface area (Å²) in [7, 11) is 4.02. The molecule has 2 aromatic carbocycles. The fourth-order valence-corrected chi connectivity index (χ4v) is 4.14. The van der Waals surface area contributed by atoms with Gasteiger partial charge in [-0.3, -0.25) is 14.2 Å². The number of carbonyl (C=O) groups excluding carboxylic acids is 1. The van der Waals surface area contributed by atoms with Gasteiger partial charge in [-0.15, -0.1) is 0 Å². The number of aryl methyl sites for hydroxylation is 2. The summed E-state index contributed by atoms with van der Waals surface area (Å²) in [4.78, 5) is 32.4. The van der Waals surface area contributed by atoms with Crippen LogP contribution in [0.1, 0.15) is 17.5 Å². The summed E-state index contributed by atoms with van der Waals surface area (Å²) in [5.41, 5.74) is 3.49. The Morgan fingerprint density at radius 2 is 1.80 bits per heavy atom. The molecule has 1 heterocycles. The van der Waals surface area contributed by atoms with E-state index in [1.54, 1.807) is 10.6 Å². The van der Waals surface area contributed by atoms with Crippen LogP contribution in [0, 0.1) is 13.8 Å². The third kappa shape index (κ3) is 5.29. The lowest BCUT2D eigenvalue weighted by Crippen LogP contribution is -2.26. The van der Waals surface area contributed by atoms with Crippen molar-refractivity contribution in [2.45, 2.75) is 32.0 Å². The Morgan fingerprint density at radius 3 is 2.50 bits per heavy atom. The van der Waals surface area contributed by atoms with Crippen molar-refractivity contribution in [1.29, 1.82) is 0 Å². The molecule has 0 fully saturated rings. The van der Waals surface area contributed by atoms with Crippen LogP contribution >= 0.6 is 11.8 Å². The first-order valence-corrected chi connectivity index (χ1v) is 11.0. The number of para-hydroxylation sites is 2. The largest absolute Gasteiger partial charge is 0.325 e. The Labute approximate surface area is 181 Å². The molecular formula is C23H28N4O2S. The molecule has 0 aliphatic rings. The number of carbonyl (C=O) groups is 1. The number of aromatic nitrogens is 2. The highest BCUT2D eigenvalue weighted by atomic mass is 32.2. The molecule has 0 radical (unpaired) electrons. The van der Waals surface area contributed by atoms with Crippen molar-refractivity contribution in [3.05, 3.63) is 63.9 Å². The van der Waals surface area contributed by atoms with Gasteiger partial charge in [-0.2, -0.15) is 0 Å². The highest BCUT2D eigenvalue weighted by Gasteiger charge is 2.14. The first-order valence-electron chi connectivity index (χ1n) is 10.00. The smallest absolute Gasteiger partial charge is 0.262 e. The Balaban J connectivity index is 1.81. The first-order chi connectivity index (χ1) is 14.4. The summed E-state index contributed by atoms with van der Waals surface area (Å²) in [6, 6.07) is 13.3. The lowest BCUT2D eigenvalue weighted by atomic mass is 10.1. The minimum absolute atomic E-state index is 0.0583. The number of rotatable bonds is 8. The molecule has 6 nitrogen and oxygen atoms in total. The summed E-state index contributed by atoms with van der Waals surface area (Å²) in [6.07, 6.45) is 0.828. The Kier molecular flexibility index (Phi) is 7.29. The standard InChI is InChI=1S/C23H28N4O2S/c1-16-9-7-10-17(2)21(16)25-20(28)15-30-23-24-19-12-6-5-11-18(19)22(29)27(23)14-8-13-26(3)4/h5-7,9-12H,8,13-15H2,1-4H3,(H,25,28). The lowest BCUT2D eigenvalue weighted by molar-refractivity contribution is -0.113. The van der Waals surface area contributed by atoms with E-state index in [1.165, 1.54) is 11.8 Å². The molecule has 30 heavy (non-hydrogen) atoms. The molecule has 0 atom stereocenters. The quantitative estimate of drug-likeness (QED) is 0.441. The van der Waals surface area contributed by atoms with Crippen LogP contribution in [0.5, 0.6) is 0 Å². The van der Waals surface area contributed by atoms with Crippen LogP contribution in [0.15, 0.2) is 52.4 Å². The van der Waals surface area contributed by atoms with E-state index >= 15 is 0 Å². The van der Waals surface area contributed by atoms with Gasteiger partial charge in [0.2, 0.25) is 5.91 Å². The van der Waals surface area contributed by atoms with Crippen molar-refractivity contribution >= 4 is 34.3 Å². The van der Waals surface area contributed by atoms with E-state index in [-0.39, 0.29) is 17.2 Å². The zero-order valence-electron chi connectivity index (χ0n) is 17.9. The number of benzene rings is 2. The van der Waals surface area contributed by atoms with Gasteiger partial charge in [-0.1, -0.05) is 42.1 Å². The molecule has 0 aliphatic carbocycles. The molecule has 0 saturated heterocycles. The van der Waals surface area contributed by atoms with Gasteiger partial charge < -0.3 is 10.2 Å². The molecule has 0 spiro atoms. The van der Waals surface area contributed by atoms with Crippen LogP contribution in [-0.2, 0) is 11.3 Å². The molecular weight excluding hydrogens is 396 g/mol. The van der Waals surface area contributed by atoms with Gasteiger partial charge in [-0.25, -0.2) is 4.98 Å². The van der Waals surface area contributed by atoms with E-state index in [0.717, 1.165) is 29.8 Å². The highest BCUT2D eigenvalue weighted by molar-refractivity contribution is 7.99. The molecule has 3 aromatic rings. The van der Waals surface area contributed by atoms with Crippen molar-refractivity contribution < 1.29 is 4.79 Å². The molecule has 0 aliphatic heterocycles. The third-order valence-corrected chi connectivity index (χ3v) is 5.87. The van der Waals surface area contributed by atoms with Crippen LogP contribution < -0.4 is 10.9 Å². The topological polar surface area (TPSA) is 67.2 Å². The Bertz CT molecular complexity index is 1090. The minimum atomic E-state index is -0.111. The van der Waals surface area contributed by atoms with E-state index in [1.807, 2.05) is 64.3 Å². The number of hydrogen-bond acceptors (Lipinski definition) is 5. The second-order valence-electron chi connectivity index (χ2n) is 7.63. The van der Waals surface area contributed by atoms with E-state index < -0.39 is 0 Å². The van der Waals surface area contributed by atoms with E-state index in [9.17, 15) is 9.59 Å². The second-order valence-corrected chi connectivity index (χ2v) is 8.57. The van der Waals surface area contributed by atoms with Crippen molar-refractivity contribution in [3.8, 4) is 0 Å². The molecule has 1 N–H and O–H groups in total. The van der Waals surface area contributed by atoms with Gasteiger partial charge in [0.05, 0.1) is 16.7 Å². The highest BCUT2D eigenvalue weighted by Crippen LogP contribution is 2.22. The summed E-state index contributed by atoms with van der Waals surface area (Å²) < 4.78 is 1.70. The Morgan fingerprint density at radius 1 is 1.10 bits per heavy atom. The van der Waals surface area contributed by atoms with Crippen LogP contribution in [0.4, 0.5) is 5.69 Å². The summed E-state index contributed by atoms with van der Waals surface area (Å²) in [6.45, 7) is 5.39. The molecule has 1 aromatic heterocycles. The van der Waals surface area contributed by atoms with E-state index in [0.29, 0.717) is 22.6 Å². The van der Waals surface area contributed by atoms with Crippen LogP contribution in [-0.4, -0.2) is 46.8 Å². The number of nitrogens with one attached hydrogen (secondary N) is 1. The molecule has 0 bridgehead atoms. The van der Waals surface area contributed by atoms with Crippen molar-refractivity contribution in [2.75, 3.05) is 31.7 Å². The summed E-state index contributed by atoms with van der Waals surface area (Å²) in [5, 5.41) is 4.18. The molecule has 1 amide bonds. The number of fused-ring (bicyclic) bond motifs is 1. The molecule has 7 heteroatoms. The number of nitrogens with zero attached hydrogens (tertiary/aromatic N) is 3. The van der Waals surface area contributed by atoms with Gasteiger partial charge >= 0.3 is 0 Å². The van der Waals surface area contributed by atoms with Gasteiger partial charge in [0.15, 0.2) is 5.16 Å². The number of hydrogen-bond donors (Lipinski definition) is 1. The number of anilines is 1. The van der Waals surface area contributed by atoms with Crippen LogP contribution in [0.3, 0.4) is 0 Å². The Hall–Kier alpha value is -2.64. The van der Waals surface area contributed by atoms with E-state index in [2.05, 4.69) is 15.2 Å². The van der Waals surface area contributed by atoms with Gasteiger partial charge in [0.25, 0.3) is 5.56 Å². The predicted molar refractivity (Wildman–Crippen MR) is 124 cm³/mol. The average molecular weight is 425 g/mol. The summed E-state index contributed by atoms with van der Waals surface area (Å²) in [5.74, 6) is 0.0753. The van der Waals surface area contributed by atoms with Crippen LogP contribution in [0.25, 0.3) is 10.9 Å². The number of amides is 1. The molecule has 158 valence electrons. The maximum Gasteiger partial charge on any atom is 0.262 e. The maximum absolute atomic E-state index is 13.0. The normalized spacial score (nSPS) is 11.2. The fourth-order valence-electron chi connectivity index (χ4n) is 3.32. The van der Waals surface area contributed by atoms with Crippen LogP contribution in [0.2, 0.25) is 0 Å². The van der Waals surface area contributed by atoms with Crippen molar-refractivity contribution in [2.24, 2.45) is 0 Å².